The van der Waals surface area contributed by atoms with E-state index in [4.69, 9.17) is 4.74 Å². The molecule has 1 heterocycles. The van der Waals surface area contributed by atoms with Crippen LogP contribution in [0.5, 0.6) is 0 Å². The third-order valence-electron chi connectivity index (χ3n) is 3.33. The molecular formula is C15H19IN2O. The Kier molecular flexibility index (Phi) is 4.62. The summed E-state index contributed by atoms with van der Waals surface area (Å²) in [5.41, 5.74) is 1.05. The number of hydrogen-bond donors (Lipinski definition) is 0. The summed E-state index contributed by atoms with van der Waals surface area (Å²) in [6.07, 6.45) is 4.84. The first-order valence-corrected chi connectivity index (χ1v) is 7.42. The lowest BCUT2D eigenvalue weighted by Crippen LogP contribution is -2.24. The lowest BCUT2D eigenvalue weighted by Gasteiger charge is -2.23. The molecule has 0 aliphatic rings. The summed E-state index contributed by atoms with van der Waals surface area (Å²) in [7, 11) is 1.76. The topological polar surface area (TPSA) is 27.1 Å². The van der Waals surface area contributed by atoms with E-state index in [2.05, 4.69) is 70.3 Å². The van der Waals surface area contributed by atoms with Gasteiger partial charge in [0.25, 0.3) is 0 Å². The van der Waals surface area contributed by atoms with Gasteiger partial charge in [-0.3, -0.25) is 0 Å². The minimum Gasteiger partial charge on any atom is -0.379 e. The number of imidazole rings is 1. The molecule has 0 saturated carbocycles. The van der Waals surface area contributed by atoms with E-state index in [1.807, 2.05) is 12.4 Å². The van der Waals surface area contributed by atoms with Crippen LogP contribution < -0.4 is 0 Å². The first-order chi connectivity index (χ1) is 9.02. The Hall–Kier alpha value is -0.880. The van der Waals surface area contributed by atoms with Crippen molar-refractivity contribution >= 4 is 22.6 Å². The smallest absolute Gasteiger partial charge is 0.139 e. The molecule has 0 amide bonds. The summed E-state index contributed by atoms with van der Waals surface area (Å²) in [5, 5.41) is 0. The zero-order valence-electron chi connectivity index (χ0n) is 11.6. The number of ether oxygens (including phenoxy) is 1. The van der Waals surface area contributed by atoms with E-state index >= 15 is 0 Å². The minimum absolute atomic E-state index is 0.104. The van der Waals surface area contributed by atoms with Gasteiger partial charge in [-0.15, -0.1) is 0 Å². The summed E-state index contributed by atoms with van der Waals surface area (Å²) in [6, 6.07) is 8.44. The normalized spacial score (nSPS) is 11.8. The second kappa shape index (κ2) is 6.05. The number of aromatic nitrogens is 2. The van der Waals surface area contributed by atoms with Gasteiger partial charge in [0.15, 0.2) is 0 Å². The van der Waals surface area contributed by atoms with Crippen molar-refractivity contribution in [2.24, 2.45) is 0 Å². The van der Waals surface area contributed by atoms with Gasteiger partial charge in [0.2, 0.25) is 0 Å². The SMILES string of the molecule is COC(C)(C)CCn1ccnc1-c1ccc(I)cc1. The van der Waals surface area contributed by atoms with Crippen LogP contribution in [0.1, 0.15) is 20.3 Å². The fraction of sp³-hybridized carbons (Fsp3) is 0.400. The molecule has 0 fully saturated rings. The molecular weight excluding hydrogens is 351 g/mol. The summed E-state index contributed by atoms with van der Waals surface area (Å²) in [5.74, 6) is 1.02. The van der Waals surface area contributed by atoms with Crippen LogP contribution in [0.4, 0.5) is 0 Å². The molecule has 1 aromatic heterocycles. The summed E-state index contributed by atoms with van der Waals surface area (Å²) >= 11 is 2.31. The summed E-state index contributed by atoms with van der Waals surface area (Å²) in [6.45, 7) is 5.12. The standard InChI is InChI=1S/C15H19IN2O/c1-15(2,19-3)8-10-18-11-9-17-14(18)12-4-6-13(16)7-5-12/h4-7,9,11H,8,10H2,1-3H3. The minimum atomic E-state index is -0.104. The molecule has 0 aliphatic heterocycles. The lowest BCUT2D eigenvalue weighted by atomic mass is 10.1. The van der Waals surface area contributed by atoms with Gasteiger partial charge in [0.1, 0.15) is 5.82 Å². The van der Waals surface area contributed by atoms with E-state index < -0.39 is 0 Å². The second-order valence-electron chi connectivity index (χ2n) is 5.16. The first-order valence-electron chi connectivity index (χ1n) is 6.34. The maximum absolute atomic E-state index is 5.46. The van der Waals surface area contributed by atoms with Crippen LogP contribution in [0, 0.1) is 3.57 Å². The molecule has 0 spiro atoms. The lowest BCUT2D eigenvalue weighted by molar-refractivity contribution is 0.0121. The molecule has 2 aromatic rings. The summed E-state index contributed by atoms with van der Waals surface area (Å²) in [4.78, 5) is 4.46. The van der Waals surface area contributed by atoms with Gasteiger partial charge in [-0.1, -0.05) is 12.1 Å². The van der Waals surface area contributed by atoms with Crippen LogP contribution in [-0.4, -0.2) is 22.3 Å². The van der Waals surface area contributed by atoms with E-state index in [0.29, 0.717) is 0 Å². The highest BCUT2D eigenvalue weighted by Gasteiger charge is 2.17. The molecule has 2 rings (SSSR count). The Morgan fingerprint density at radius 2 is 1.95 bits per heavy atom. The molecule has 102 valence electrons. The highest BCUT2D eigenvalue weighted by molar-refractivity contribution is 14.1. The molecule has 0 saturated heterocycles. The monoisotopic (exact) mass is 370 g/mol. The number of halogens is 1. The maximum Gasteiger partial charge on any atom is 0.139 e. The molecule has 0 radical (unpaired) electrons. The van der Waals surface area contributed by atoms with E-state index in [0.717, 1.165) is 24.4 Å². The van der Waals surface area contributed by atoms with Gasteiger partial charge in [-0.25, -0.2) is 4.98 Å². The Balaban J connectivity index is 2.16. The largest absolute Gasteiger partial charge is 0.379 e. The van der Waals surface area contributed by atoms with E-state index in [9.17, 15) is 0 Å². The van der Waals surface area contributed by atoms with Crippen molar-refractivity contribution in [1.82, 2.24) is 9.55 Å². The fourth-order valence-corrected chi connectivity index (χ4v) is 2.20. The van der Waals surface area contributed by atoms with Gasteiger partial charge >= 0.3 is 0 Å². The first kappa shape index (κ1) is 14.5. The van der Waals surface area contributed by atoms with Gasteiger partial charge < -0.3 is 9.30 Å². The predicted octanol–water partition coefficient (Wildman–Crippen LogP) is 3.97. The Labute approximate surface area is 128 Å². The number of benzene rings is 1. The van der Waals surface area contributed by atoms with Crippen LogP contribution in [-0.2, 0) is 11.3 Å². The molecule has 0 N–H and O–H groups in total. The number of methoxy groups -OCH3 is 1. The zero-order chi connectivity index (χ0) is 13.9. The second-order valence-corrected chi connectivity index (χ2v) is 6.41. The van der Waals surface area contributed by atoms with Crippen LogP contribution >= 0.6 is 22.6 Å². The molecule has 0 unspecified atom stereocenters. The molecule has 3 nitrogen and oxygen atoms in total. The van der Waals surface area contributed by atoms with Gasteiger partial charge in [-0.2, -0.15) is 0 Å². The average Bonchev–Trinajstić information content (AvgIpc) is 2.86. The third kappa shape index (κ3) is 3.79. The Bertz CT molecular complexity index is 531. The third-order valence-corrected chi connectivity index (χ3v) is 4.04. The van der Waals surface area contributed by atoms with Gasteiger partial charge in [0, 0.05) is 35.2 Å². The maximum atomic E-state index is 5.46. The van der Waals surface area contributed by atoms with Crippen molar-refractivity contribution in [2.75, 3.05) is 7.11 Å². The van der Waals surface area contributed by atoms with Crippen molar-refractivity contribution in [1.29, 1.82) is 0 Å². The Morgan fingerprint density at radius 3 is 2.58 bits per heavy atom. The quantitative estimate of drug-likeness (QED) is 0.745. The van der Waals surface area contributed by atoms with E-state index in [-0.39, 0.29) is 5.60 Å². The number of nitrogens with zero attached hydrogens (tertiary/aromatic N) is 2. The van der Waals surface area contributed by atoms with Crippen molar-refractivity contribution in [2.45, 2.75) is 32.4 Å². The molecule has 0 aliphatic carbocycles. The predicted molar refractivity (Wildman–Crippen MR) is 86.1 cm³/mol. The summed E-state index contributed by atoms with van der Waals surface area (Å²) < 4.78 is 8.88. The number of hydrogen-bond acceptors (Lipinski definition) is 2. The van der Waals surface area contributed by atoms with Crippen LogP contribution in [0.15, 0.2) is 36.7 Å². The zero-order valence-corrected chi connectivity index (χ0v) is 13.7. The van der Waals surface area contributed by atoms with E-state index in [1.54, 1.807) is 7.11 Å². The molecule has 0 atom stereocenters. The highest BCUT2D eigenvalue weighted by atomic mass is 127. The molecule has 0 bridgehead atoms. The molecule has 19 heavy (non-hydrogen) atoms. The van der Waals surface area contributed by atoms with Crippen molar-refractivity contribution in [3.05, 3.63) is 40.2 Å². The Morgan fingerprint density at radius 1 is 1.26 bits per heavy atom. The van der Waals surface area contributed by atoms with Crippen molar-refractivity contribution < 1.29 is 4.74 Å². The van der Waals surface area contributed by atoms with Crippen molar-refractivity contribution in [3.63, 3.8) is 0 Å². The van der Waals surface area contributed by atoms with Gasteiger partial charge in [-0.05, 0) is 55.0 Å². The van der Waals surface area contributed by atoms with E-state index in [1.165, 1.54) is 3.57 Å². The highest BCUT2D eigenvalue weighted by Crippen LogP contribution is 2.21. The molecule has 1 aromatic carbocycles. The van der Waals surface area contributed by atoms with Gasteiger partial charge in [0.05, 0.1) is 5.60 Å². The fourth-order valence-electron chi connectivity index (χ4n) is 1.84. The van der Waals surface area contributed by atoms with Crippen molar-refractivity contribution in [3.8, 4) is 11.4 Å². The van der Waals surface area contributed by atoms with Crippen LogP contribution in [0.25, 0.3) is 11.4 Å². The molecule has 4 heteroatoms. The van der Waals surface area contributed by atoms with Crippen LogP contribution in [0.3, 0.4) is 0 Å². The number of aryl methyl sites for hydroxylation is 1. The average molecular weight is 370 g/mol. The van der Waals surface area contributed by atoms with Crippen LogP contribution in [0.2, 0.25) is 0 Å². The number of rotatable bonds is 5.